The van der Waals surface area contributed by atoms with Crippen molar-refractivity contribution in [3.63, 3.8) is 0 Å². The molecule has 0 saturated heterocycles. The molecule has 0 heterocycles. The summed E-state index contributed by atoms with van der Waals surface area (Å²) >= 11 is 0. The summed E-state index contributed by atoms with van der Waals surface area (Å²) in [4.78, 5) is 0. The highest BCUT2D eigenvalue weighted by atomic mass is 16.5. The smallest absolute Gasteiger partial charge is 0.0591 e. The van der Waals surface area contributed by atoms with E-state index in [1.807, 2.05) is 0 Å². The molecule has 0 bridgehead atoms. The van der Waals surface area contributed by atoms with Gasteiger partial charge in [0.25, 0.3) is 0 Å². The van der Waals surface area contributed by atoms with Crippen LogP contribution in [-0.4, -0.2) is 26.3 Å². The highest BCUT2D eigenvalue weighted by Crippen LogP contribution is 2.12. The molecule has 0 aromatic rings. The summed E-state index contributed by atoms with van der Waals surface area (Å²) < 4.78 is 5.73. The predicted octanol–water partition coefficient (Wildman–Crippen LogP) is 4.00. The fourth-order valence-corrected chi connectivity index (χ4v) is 1.92. The molecular formula is C15H33NO. The molecule has 0 amide bonds. The molecule has 0 spiro atoms. The summed E-state index contributed by atoms with van der Waals surface area (Å²) in [5.74, 6) is 0.773. The van der Waals surface area contributed by atoms with Crippen LogP contribution in [-0.2, 0) is 4.74 Å². The zero-order valence-corrected chi connectivity index (χ0v) is 12.3. The van der Waals surface area contributed by atoms with Crippen LogP contribution in [0.1, 0.15) is 65.7 Å². The van der Waals surface area contributed by atoms with E-state index in [4.69, 9.17) is 4.74 Å². The third-order valence-corrected chi connectivity index (χ3v) is 3.28. The molecule has 17 heavy (non-hydrogen) atoms. The zero-order chi connectivity index (χ0) is 12.8. The van der Waals surface area contributed by atoms with Gasteiger partial charge in [-0.25, -0.2) is 0 Å². The van der Waals surface area contributed by atoms with E-state index in [2.05, 4.69) is 26.1 Å². The van der Waals surface area contributed by atoms with Crippen LogP contribution in [0.4, 0.5) is 0 Å². The summed E-state index contributed by atoms with van der Waals surface area (Å²) in [5.41, 5.74) is 0. The van der Waals surface area contributed by atoms with E-state index in [0.717, 1.165) is 32.2 Å². The Bertz CT molecular complexity index is 139. The van der Waals surface area contributed by atoms with E-state index in [1.54, 1.807) is 0 Å². The minimum atomic E-state index is 0.773. The summed E-state index contributed by atoms with van der Waals surface area (Å²) in [7, 11) is 0. The first kappa shape index (κ1) is 16.9. The van der Waals surface area contributed by atoms with E-state index >= 15 is 0 Å². The van der Waals surface area contributed by atoms with Crippen LogP contribution in [0.5, 0.6) is 0 Å². The van der Waals surface area contributed by atoms with E-state index < -0.39 is 0 Å². The Kier molecular flexibility index (Phi) is 13.9. The van der Waals surface area contributed by atoms with Gasteiger partial charge in [-0.2, -0.15) is 0 Å². The van der Waals surface area contributed by atoms with Gasteiger partial charge >= 0.3 is 0 Å². The van der Waals surface area contributed by atoms with E-state index in [0.29, 0.717) is 0 Å². The van der Waals surface area contributed by atoms with Gasteiger partial charge in [0.15, 0.2) is 0 Å². The Labute approximate surface area is 109 Å². The second-order valence-corrected chi connectivity index (χ2v) is 4.95. The number of rotatable bonds is 13. The SMILES string of the molecule is CCCCCNCCOCC(CC)CCCC. The molecule has 1 N–H and O–H groups in total. The molecular weight excluding hydrogens is 210 g/mol. The maximum absolute atomic E-state index is 5.73. The van der Waals surface area contributed by atoms with Crippen molar-refractivity contribution < 1.29 is 4.74 Å². The number of unbranched alkanes of at least 4 members (excludes halogenated alkanes) is 3. The number of nitrogens with one attached hydrogen (secondary N) is 1. The molecule has 0 rings (SSSR count). The van der Waals surface area contributed by atoms with Gasteiger partial charge in [-0.1, -0.05) is 52.9 Å². The number of hydrogen-bond donors (Lipinski definition) is 1. The van der Waals surface area contributed by atoms with Gasteiger partial charge in [-0.15, -0.1) is 0 Å². The molecule has 1 unspecified atom stereocenters. The molecule has 2 nitrogen and oxygen atoms in total. The molecule has 0 saturated carbocycles. The van der Waals surface area contributed by atoms with Crippen molar-refractivity contribution in [1.29, 1.82) is 0 Å². The zero-order valence-electron chi connectivity index (χ0n) is 12.3. The monoisotopic (exact) mass is 243 g/mol. The molecule has 0 aromatic heterocycles. The Morgan fingerprint density at radius 2 is 1.71 bits per heavy atom. The largest absolute Gasteiger partial charge is 0.380 e. The van der Waals surface area contributed by atoms with E-state index in [-0.39, 0.29) is 0 Å². The quantitative estimate of drug-likeness (QED) is 0.494. The van der Waals surface area contributed by atoms with E-state index in [9.17, 15) is 0 Å². The summed E-state index contributed by atoms with van der Waals surface area (Å²) in [6, 6.07) is 0. The second-order valence-electron chi connectivity index (χ2n) is 4.95. The van der Waals surface area contributed by atoms with Crippen LogP contribution in [0, 0.1) is 5.92 Å². The summed E-state index contributed by atoms with van der Waals surface area (Å²) in [5, 5.41) is 3.43. The van der Waals surface area contributed by atoms with Crippen LogP contribution in [0.25, 0.3) is 0 Å². The van der Waals surface area contributed by atoms with Gasteiger partial charge < -0.3 is 10.1 Å². The van der Waals surface area contributed by atoms with Crippen molar-refractivity contribution in [1.82, 2.24) is 5.32 Å². The molecule has 0 aliphatic heterocycles. The first-order valence-corrected chi connectivity index (χ1v) is 7.63. The highest BCUT2D eigenvalue weighted by molar-refractivity contribution is 4.56. The maximum atomic E-state index is 5.73. The standard InChI is InChI=1S/C15H33NO/c1-4-7-9-11-16-12-13-17-14-15(6-3)10-8-5-2/h15-16H,4-14H2,1-3H3. The number of hydrogen-bond acceptors (Lipinski definition) is 2. The van der Waals surface area contributed by atoms with Crippen LogP contribution in [0.3, 0.4) is 0 Å². The lowest BCUT2D eigenvalue weighted by Gasteiger charge is -2.14. The Balaban J connectivity index is 3.19. The molecule has 0 aromatic carbocycles. The van der Waals surface area contributed by atoms with E-state index in [1.165, 1.54) is 44.9 Å². The lowest BCUT2D eigenvalue weighted by Crippen LogP contribution is -2.22. The van der Waals surface area contributed by atoms with Crippen molar-refractivity contribution >= 4 is 0 Å². The molecule has 104 valence electrons. The lowest BCUT2D eigenvalue weighted by atomic mass is 10.0. The highest BCUT2D eigenvalue weighted by Gasteiger charge is 2.05. The molecule has 0 fully saturated rings. The molecule has 0 radical (unpaired) electrons. The topological polar surface area (TPSA) is 21.3 Å². The van der Waals surface area contributed by atoms with Crippen LogP contribution < -0.4 is 5.32 Å². The first-order valence-electron chi connectivity index (χ1n) is 7.63. The van der Waals surface area contributed by atoms with Crippen molar-refractivity contribution in [2.75, 3.05) is 26.3 Å². The molecule has 1 atom stereocenters. The fraction of sp³-hybridized carbons (Fsp3) is 1.00. The van der Waals surface area contributed by atoms with Crippen LogP contribution in [0.15, 0.2) is 0 Å². The minimum absolute atomic E-state index is 0.773. The van der Waals surface area contributed by atoms with Gasteiger partial charge in [-0.05, 0) is 25.3 Å². The van der Waals surface area contributed by atoms with Crippen molar-refractivity contribution in [2.45, 2.75) is 65.7 Å². The van der Waals surface area contributed by atoms with Crippen molar-refractivity contribution in [3.8, 4) is 0 Å². The van der Waals surface area contributed by atoms with Gasteiger partial charge in [-0.3, -0.25) is 0 Å². The minimum Gasteiger partial charge on any atom is -0.380 e. The average molecular weight is 243 g/mol. The Hall–Kier alpha value is -0.0800. The summed E-state index contributed by atoms with van der Waals surface area (Å²) in [6.45, 7) is 10.7. The van der Waals surface area contributed by atoms with Gasteiger partial charge in [0.1, 0.15) is 0 Å². The fourth-order valence-electron chi connectivity index (χ4n) is 1.92. The van der Waals surface area contributed by atoms with Gasteiger partial charge in [0, 0.05) is 13.2 Å². The first-order chi connectivity index (χ1) is 8.35. The third kappa shape index (κ3) is 12.2. The second kappa shape index (κ2) is 14.0. The lowest BCUT2D eigenvalue weighted by molar-refractivity contribution is 0.0957. The normalized spacial score (nSPS) is 12.9. The number of ether oxygens (including phenoxy) is 1. The van der Waals surface area contributed by atoms with Gasteiger partial charge in [0.05, 0.1) is 6.61 Å². The maximum Gasteiger partial charge on any atom is 0.0591 e. The van der Waals surface area contributed by atoms with Crippen molar-refractivity contribution in [2.24, 2.45) is 5.92 Å². The van der Waals surface area contributed by atoms with Gasteiger partial charge in [0.2, 0.25) is 0 Å². The van der Waals surface area contributed by atoms with Crippen molar-refractivity contribution in [3.05, 3.63) is 0 Å². The Morgan fingerprint density at radius 3 is 2.35 bits per heavy atom. The summed E-state index contributed by atoms with van der Waals surface area (Å²) in [6.07, 6.45) is 9.16. The molecule has 0 aliphatic rings. The Morgan fingerprint density at radius 1 is 0.941 bits per heavy atom. The molecule has 0 aliphatic carbocycles. The third-order valence-electron chi connectivity index (χ3n) is 3.28. The predicted molar refractivity (Wildman–Crippen MR) is 76.5 cm³/mol. The average Bonchev–Trinajstić information content (AvgIpc) is 2.36. The molecule has 2 heteroatoms. The van der Waals surface area contributed by atoms with Crippen LogP contribution in [0.2, 0.25) is 0 Å². The van der Waals surface area contributed by atoms with Crippen LogP contribution >= 0.6 is 0 Å².